The molecule has 1 fully saturated rings. The summed E-state index contributed by atoms with van der Waals surface area (Å²) < 4.78 is 5.46. The third-order valence-electron chi connectivity index (χ3n) is 3.73. The molecule has 1 atom stereocenters. The first-order valence-electron chi connectivity index (χ1n) is 8.24. The molecule has 1 aliphatic rings. The van der Waals surface area contributed by atoms with Crippen molar-refractivity contribution in [2.24, 2.45) is 0 Å². The molecule has 7 heteroatoms. The minimum Gasteiger partial charge on any atom is -0.481 e. The topological polar surface area (TPSA) is 78.9 Å². The minimum atomic E-state index is -0.810. The maximum Gasteiger partial charge on any atom is 0.410 e. The molecule has 0 bridgehead atoms. The molecule has 1 unspecified atom stereocenters. The lowest BCUT2D eigenvalue weighted by Gasteiger charge is -2.28. The van der Waals surface area contributed by atoms with E-state index in [1.54, 1.807) is 0 Å². The van der Waals surface area contributed by atoms with Gasteiger partial charge in [0.05, 0.1) is 6.42 Å². The highest BCUT2D eigenvalue weighted by Crippen LogP contribution is 2.21. The van der Waals surface area contributed by atoms with E-state index in [1.807, 2.05) is 37.8 Å². The predicted octanol–water partition coefficient (Wildman–Crippen LogP) is 2.86. The van der Waals surface area contributed by atoms with Gasteiger partial charge in [0.1, 0.15) is 5.60 Å². The van der Waals surface area contributed by atoms with Gasteiger partial charge < -0.3 is 20.1 Å². The van der Waals surface area contributed by atoms with E-state index in [0.717, 1.165) is 29.1 Å². The van der Waals surface area contributed by atoms with Crippen molar-refractivity contribution in [3.8, 4) is 0 Å². The molecule has 2 heterocycles. The average Bonchev–Trinajstić information content (AvgIpc) is 3.05. The molecule has 1 saturated heterocycles. The van der Waals surface area contributed by atoms with Crippen LogP contribution in [0.1, 0.15) is 43.4 Å². The van der Waals surface area contributed by atoms with Crippen molar-refractivity contribution in [1.82, 2.24) is 10.2 Å². The summed E-state index contributed by atoms with van der Waals surface area (Å²) in [5, 5.41) is 12.2. The summed E-state index contributed by atoms with van der Waals surface area (Å²) >= 11 is 1.51. The zero-order valence-electron chi connectivity index (χ0n) is 14.5. The fraction of sp³-hybridized carbons (Fsp3) is 0.647. The van der Waals surface area contributed by atoms with E-state index < -0.39 is 11.6 Å². The van der Waals surface area contributed by atoms with E-state index in [1.165, 1.54) is 11.3 Å². The Hall–Kier alpha value is -1.60. The first-order valence-corrected chi connectivity index (χ1v) is 9.06. The summed E-state index contributed by atoms with van der Waals surface area (Å²) in [4.78, 5) is 26.7. The van der Waals surface area contributed by atoms with Crippen LogP contribution in [0.4, 0.5) is 4.79 Å². The van der Waals surface area contributed by atoms with Crippen molar-refractivity contribution in [2.75, 3.05) is 13.1 Å². The van der Waals surface area contributed by atoms with Gasteiger partial charge >= 0.3 is 12.1 Å². The van der Waals surface area contributed by atoms with Crippen LogP contribution in [-0.2, 0) is 22.5 Å². The van der Waals surface area contributed by atoms with Gasteiger partial charge in [0.15, 0.2) is 0 Å². The smallest absolute Gasteiger partial charge is 0.410 e. The van der Waals surface area contributed by atoms with Gasteiger partial charge in [0.2, 0.25) is 0 Å². The number of nitrogens with zero attached hydrogens (tertiary/aromatic N) is 1. The number of likely N-dealkylation sites (tertiary alicyclic amines) is 1. The van der Waals surface area contributed by atoms with Crippen LogP contribution in [0.3, 0.4) is 0 Å². The molecule has 1 aliphatic heterocycles. The van der Waals surface area contributed by atoms with Crippen LogP contribution in [0.15, 0.2) is 12.1 Å². The second-order valence-electron chi connectivity index (χ2n) is 7.04. The van der Waals surface area contributed by atoms with Gasteiger partial charge in [0, 0.05) is 35.4 Å². The summed E-state index contributed by atoms with van der Waals surface area (Å²) in [6.45, 7) is 7.76. The molecule has 0 spiro atoms. The van der Waals surface area contributed by atoms with Gasteiger partial charge in [-0.2, -0.15) is 0 Å². The molecule has 0 radical (unpaired) electrons. The molecule has 1 aromatic heterocycles. The molecule has 0 aliphatic carbocycles. The average molecular weight is 354 g/mol. The zero-order valence-corrected chi connectivity index (χ0v) is 15.3. The number of ether oxygens (including phenoxy) is 1. The van der Waals surface area contributed by atoms with Crippen LogP contribution in [0.5, 0.6) is 0 Å². The van der Waals surface area contributed by atoms with E-state index in [9.17, 15) is 9.59 Å². The van der Waals surface area contributed by atoms with E-state index >= 15 is 0 Å². The molecule has 1 aromatic rings. The number of carboxylic acids is 1. The van der Waals surface area contributed by atoms with Crippen LogP contribution in [0.25, 0.3) is 0 Å². The van der Waals surface area contributed by atoms with Gasteiger partial charge in [0.25, 0.3) is 0 Å². The summed E-state index contributed by atoms with van der Waals surface area (Å²) in [5.41, 5.74) is -0.477. The van der Waals surface area contributed by atoms with Crippen molar-refractivity contribution in [1.29, 1.82) is 0 Å². The highest BCUT2D eigenvalue weighted by molar-refractivity contribution is 7.12. The molecule has 1 amide bonds. The Bertz CT molecular complexity index is 579. The van der Waals surface area contributed by atoms with E-state index in [4.69, 9.17) is 9.84 Å². The highest BCUT2D eigenvalue weighted by Gasteiger charge is 2.31. The molecule has 2 rings (SSSR count). The Labute approximate surface area is 146 Å². The molecule has 6 nitrogen and oxygen atoms in total. The Kier molecular flexibility index (Phi) is 6.23. The summed E-state index contributed by atoms with van der Waals surface area (Å²) in [6.07, 6.45) is 1.79. The third kappa shape index (κ3) is 5.79. The van der Waals surface area contributed by atoms with Crippen molar-refractivity contribution in [3.05, 3.63) is 21.9 Å². The van der Waals surface area contributed by atoms with Gasteiger partial charge in [-0.25, -0.2) is 4.79 Å². The number of amides is 1. The summed E-state index contributed by atoms with van der Waals surface area (Å²) in [5.74, 6) is -0.810. The fourth-order valence-electron chi connectivity index (χ4n) is 2.73. The maximum atomic E-state index is 12.2. The first-order chi connectivity index (χ1) is 11.2. The number of carboxylic acid groups (broad SMARTS) is 1. The van der Waals surface area contributed by atoms with Gasteiger partial charge in [-0.3, -0.25) is 4.79 Å². The van der Waals surface area contributed by atoms with Crippen LogP contribution >= 0.6 is 11.3 Å². The highest BCUT2D eigenvalue weighted by atomic mass is 32.1. The number of rotatable bonds is 6. The number of carbonyl (C=O) groups excluding carboxylic acids is 1. The number of nitrogens with one attached hydrogen (secondary N) is 1. The molecular formula is C17H26N2O4S. The molecule has 134 valence electrons. The number of carbonyl (C=O) groups is 2. The number of aliphatic carboxylic acids is 1. The molecular weight excluding hydrogens is 328 g/mol. The van der Waals surface area contributed by atoms with Gasteiger partial charge in [-0.05, 0) is 45.7 Å². The molecule has 0 aromatic carbocycles. The second-order valence-corrected chi connectivity index (χ2v) is 8.29. The summed E-state index contributed by atoms with van der Waals surface area (Å²) in [7, 11) is 0. The molecule has 2 N–H and O–H groups in total. The van der Waals surface area contributed by atoms with Crippen molar-refractivity contribution in [3.63, 3.8) is 0 Å². The lowest BCUT2D eigenvalue weighted by molar-refractivity contribution is -0.136. The van der Waals surface area contributed by atoms with E-state index in [-0.39, 0.29) is 18.6 Å². The monoisotopic (exact) mass is 354 g/mol. The first kappa shape index (κ1) is 18.7. The number of hydrogen-bond acceptors (Lipinski definition) is 5. The van der Waals surface area contributed by atoms with Crippen LogP contribution < -0.4 is 5.32 Å². The normalized spacial score (nSPS) is 18.0. The van der Waals surface area contributed by atoms with E-state index in [2.05, 4.69) is 5.32 Å². The SMILES string of the molecule is CC(C)(C)OC(=O)N1CCCC1CNCc1ccc(CC(=O)O)s1. The zero-order chi connectivity index (χ0) is 17.7. The van der Waals surface area contributed by atoms with E-state index in [0.29, 0.717) is 13.1 Å². The number of thiophene rings is 1. The minimum absolute atomic E-state index is 0.0692. The van der Waals surface area contributed by atoms with Crippen molar-refractivity contribution < 1.29 is 19.4 Å². The van der Waals surface area contributed by atoms with Gasteiger partial charge in [-0.15, -0.1) is 11.3 Å². The predicted molar refractivity (Wildman–Crippen MR) is 93.3 cm³/mol. The molecule has 0 saturated carbocycles. The van der Waals surface area contributed by atoms with Crippen molar-refractivity contribution in [2.45, 2.75) is 58.2 Å². The largest absolute Gasteiger partial charge is 0.481 e. The fourth-order valence-corrected chi connectivity index (χ4v) is 3.71. The third-order valence-corrected chi connectivity index (χ3v) is 4.81. The Morgan fingerprint density at radius 3 is 2.75 bits per heavy atom. The Balaban J connectivity index is 1.79. The Morgan fingerprint density at radius 1 is 1.38 bits per heavy atom. The maximum absolute atomic E-state index is 12.2. The number of hydrogen-bond donors (Lipinski definition) is 2. The Morgan fingerprint density at radius 2 is 2.08 bits per heavy atom. The van der Waals surface area contributed by atoms with Crippen LogP contribution in [0, 0.1) is 0 Å². The lowest BCUT2D eigenvalue weighted by atomic mass is 10.2. The second kappa shape index (κ2) is 7.98. The molecule has 24 heavy (non-hydrogen) atoms. The van der Waals surface area contributed by atoms with Crippen LogP contribution in [-0.4, -0.2) is 46.8 Å². The van der Waals surface area contributed by atoms with Gasteiger partial charge in [-0.1, -0.05) is 0 Å². The standard InChI is InChI=1S/C17H26N2O4S/c1-17(2,3)23-16(22)19-8-4-5-12(19)10-18-11-14-7-6-13(24-14)9-15(20)21/h6-7,12,18H,4-5,8-11H2,1-3H3,(H,20,21). The van der Waals surface area contributed by atoms with Crippen molar-refractivity contribution >= 4 is 23.4 Å². The van der Waals surface area contributed by atoms with Crippen LogP contribution in [0.2, 0.25) is 0 Å². The lowest BCUT2D eigenvalue weighted by Crippen LogP contribution is -2.43. The quantitative estimate of drug-likeness (QED) is 0.821. The summed E-state index contributed by atoms with van der Waals surface area (Å²) in [6, 6.07) is 3.97.